The van der Waals surface area contributed by atoms with E-state index < -0.39 is 0 Å². The number of hydrogen-bond acceptors (Lipinski definition) is 5. The van der Waals surface area contributed by atoms with Gasteiger partial charge in [-0.2, -0.15) is 0 Å². The number of esters is 1. The van der Waals surface area contributed by atoms with Gasteiger partial charge in [-0.1, -0.05) is 0 Å². The van der Waals surface area contributed by atoms with Gasteiger partial charge in [-0.05, 0) is 26.7 Å². The van der Waals surface area contributed by atoms with E-state index >= 15 is 0 Å². The summed E-state index contributed by atoms with van der Waals surface area (Å²) >= 11 is 1.62. The molecular formula is C13H19NO3S. The first-order valence-corrected chi connectivity index (χ1v) is 7.26. The smallest absolute Gasteiger partial charge is 0.306 e. The van der Waals surface area contributed by atoms with Gasteiger partial charge in [0.05, 0.1) is 18.7 Å². The zero-order chi connectivity index (χ0) is 13.0. The van der Waals surface area contributed by atoms with Gasteiger partial charge < -0.3 is 9.47 Å². The standard InChI is InChI=1S/C13H19NO3S/c1-3-16-11(15)6-5-10-9-18-12(14-10)13(2)7-4-8-17-13/h9H,3-8H2,1-2H3. The number of rotatable bonds is 5. The van der Waals surface area contributed by atoms with Gasteiger partial charge in [0.15, 0.2) is 0 Å². The number of nitrogens with zero attached hydrogens (tertiary/aromatic N) is 1. The van der Waals surface area contributed by atoms with Gasteiger partial charge in [0.1, 0.15) is 10.6 Å². The molecule has 2 heterocycles. The quantitative estimate of drug-likeness (QED) is 0.771. The Bertz CT molecular complexity index is 410. The number of aromatic nitrogens is 1. The van der Waals surface area contributed by atoms with Crippen molar-refractivity contribution in [2.75, 3.05) is 13.2 Å². The average molecular weight is 269 g/mol. The van der Waals surface area contributed by atoms with Crippen molar-refractivity contribution < 1.29 is 14.3 Å². The van der Waals surface area contributed by atoms with Gasteiger partial charge in [-0.15, -0.1) is 11.3 Å². The highest BCUT2D eigenvalue weighted by Gasteiger charge is 2.34. The highest BCUT2D eigenvalue weighted by Crippen LogP contribution is 2.37. The highest BCUT2D eigenvalue weighted by molar-refractivity contribution is 7.09. The van der Waals surface area contributed by atoms with Crippen molar-refractivity contribution in [3.63, 3.8) is 0 Å². The normalized spacial score (nSPS) is 23.2. The van der Waals surface area contributed by atoms with Crippen LogP contribution in [0, 0.1) is 0 Å². The molecule has 100 valence electrons. The molecule has 2 rings (SSSR count). The second kappa shape index (κ2) is 5.80. The minimum atomic E-state index is -0.215. The van der Waals surface area contributed by atoms with Crippen LogP contribution in [0.3, 0.4) is 0 Å². The van der Waals surface area contributed by atoms with E-state index in [2.05, 4.69) is 11.9 Å². The molecule has 0 bridgehead atoms. The predicted octanol–water partition coefficient (Wildman–Crippen LogP) is 2.66. The summed E-state index contributed by atoms with van der Waals surface area (Å²) in [5.74, 6) is -0.157. The van der Waals surface area contributed by atoms with Crippen molar-refractivity contribution in [2.45, 2.75) is 45.1 Å². The van der Waals surface area contributed by atoms with Gasteiger partial charge in [0.25, 0.3) is 0 Å². The molecule has 0 saturated carbocycles. The maximum Gasteiger partial charge on any atom is 0.306 e. The number of carbonyl (C=O) groups excluding carboxylic acids is 1. The van der Waals surface area contributed by atoms with Gasteiger partial charge in [0, 0.05) is 18.4 Å². The van der Waals surface area contributed by atoms with Gasteiger partial charge in [-0.25, -0.2) is 4.98 Å². The van der Waals surface area contributed by atoms with Crippen LogP contribution in [0.5, 0.6) is 0 Å². The summed E-state index contributed by atoms with van der Waals surface area (Å²) in [5.41, 5.74) is 0.743. The Kier molecular flexibility index (Phi) is 4.35. The summed E-state index contributed by atoms with van der Waals surface area (Å²) in [4.78, 5) is 15.9. The van der Waals surface area contributed by atoms with Crippen molar-refractivity contribution in [1.82, 2.24) is 4.98 Å². The number of aryl methyl sites for hydroxylation is 1. The van der Waals surface area contributed by atoms with Crippen molar-refractivity contribution in [2.24, 2.45) is 0 Å². The Balaban J connectivity index is 1.92. The molecule has 0 spiro atoms. The first kappa shape index (κ1) is 13.5. The van der Waals surface area contributed by atoms with E-state index in [-0.39, 0.29) is 11.6 Å². The number of ether oxygens (including phenoxy) is 2. The SMILES string of the molecule is CCOC(=O)CCc1csc(C2(C)CCCO2)n1. The van der Waals surface area contributed by atoms with Crippen LogP contribution in [0.4, 0.5) is 0 Å². The third kappa shape index (κ3) is 3.09. The summed E-state index contributed by atoms with van der Waals surface area (Å²) in [6, 6.07) is 0. The molecule has 18 heavy (non-hydrogen) atoms. The molecule has 1 aliphatic rings. The second-order valence-electron chi connectivity index (χ2n) is 4.63. The van der Waals surface area contributed by atoms with E-state index in [1.54, 1.807) is 11.3 Å². The summed E-state index contributed by atoms with van der Waals surface area (Å²) in [7, 11) is 0. The third-order valence-corrected chi connectivity index (χ3v) is 4.25. The Labute approximate surface area is 111 Å². The maximum atomic E-state index is 11.3. The lowest BCUT2D eigenvalue weighted by Gasteiger charge is -2.19. The molecule has 1 atom stereocenters. The van der Waals surface area contributed by atoms with Crippen LogP contribution in [-0.4, -0.2) is 24.2 Å². The first-order valence-electron chi connectivity index (χ1n) is 6.38. The molecule has 0 aliphatic carbocycles. The highest BCUT2D eigenvalue weighted by atomic mass is 32.1. The summed E-state index contributed by atoms with van der Waals surface area (Å²) in [6.07, 6.45) is 3.16. The summed E-state index contributed by atoms with van der Waals surface area (Å²) in [6.45, 7) is 5.16. The fourth-order valence-electron chi connectivity index (χ4n) is 2.08. The van der Waals surface area contributed by atoms with Crippen molar-refractivity contribution in [3.05, 3.63) is 16.1 Å². The molecule has 1 fully saturated rings. The molecule has 0 aromatic carbocycles. The average Bonchev–Trinajstić information content (AvgIpc) is 2.96. The fraction of sp³-hybridized carbons (Fsp3) is 0.692. The van der Waals surface area contributed by atoms with Crippen molar-refractivity contribution in [1.29, 1.82) is 0 Å². The van der Waals surface area contributed by atoms with E-state index in [1.165, 1.54) is 0 Å². The second-order valence-corrected chi connectivity index (χ2v) is 5.49. The van der Waals surface area contributed by atoms with Crippen LogP contribution in [0.2, 0.25) is 0 Å². The van der Waals surface area contributed by atoms with Crippen LogP contribution in [-0.2, 0) is 26.3 Å². The monoisotopic (exact) mass is 269 g/mol. The molecule has 0 N–H and O–H groups in total. The van der Waals surface area contributed by atoms with Gasteiger partial charge >= 0.3 is 5.97 Å². The van der Waals surface area contributed by atoms with Crippen LogP contribution in [0.1, 0.15) is 43.8 Å². The van der Waals surface area contributed by atoms with Crippen LogP contribution >= 0.6 is 11.3 Å². The lowest BCUT2D eigenvalue weighted by atomic mass is 10.0. The summed E-state index contributed by atoms with van der Waals surface area (Å²) < 4.78 is 10.7. The predicted molar refractivity (Wildman–Crippen MR) is 69.6 cm³/mol. The van der Waals surface area contributed by atoms with Crippen LogP contribution in [0.15, 0.2) is 5.38 Å². The topological polar surface area (TPSA) is 48.4 Å². The molecule has 4 nitrogen and oxygen atoms in total. The Hall–Kier alpha value is -0.940. The van der Waals surface area contributed by atoms with Crippen molar-refractivity contribution in [3.8, 4) is 0 Å². The van der Waals surface area contributed by atoms with E-state index in [0.717, 1.165) is 30.2 Å². The molecule has 0 amide bonds. The molecule has 0 radical (unpaired) electrons. The lowest BCUT2D eigenvalue weighted by molar-refractivity contribution is -0.143. The van der Waals surface area contributed by atoms with Crippen LogP contribution < -0.4 is 0 Å². The Morgan fingerprint density at radius 2 is 2.50 bits per heavy atom. The maximum absolute atomic E-state index is 11.3. The number of hydrogen-bond donors (Lipinski definition) is 0. The lowest BCUT2D eigenvalue weighted by Crippen LogP contribution is -2.19. The molecule has 1 unspecified atom stereocenters. The third-order valence-electron chi connectivity index (χ3n) is 3.11. The molecule has 1 aromatic rings. The zero-order valence-electron chi connectivity index (χ0n) is 10.9. The molecular weight excluding hydrogens is 250 g/mol. The zero-order valence-corrected chi connectivity index (χ0v) is 11.7. The first-order chi connectivity index (χ1) is 8.64. The largest absolute Gasteiger partial charge is 0.466 e. The number of thiazole rings is 1. The molecule has 1 saturated heterocycles. The number of carbonyl (C=O) groups is 1. The minimum absolute atomic E-state index is 0.157. The Morgan fingerprint density at radius 1 is 1.67 bits per heavy atom. The van der Waals surface area contributed by atoms with Crippen molar-refractivity contribution >= 4 is 17.3 Å². The molecule has 5 heteroatoms. The van der Waals surface area contributed by atoms with E-state index in [1.807, 2.05) is 12.3 Å². The van der Waals surface area contributed by atoms with E-state index in [9.17, 15) is 4.79 Å². The van der Waals surface area contributed by atoms with E-state index in [4.69, 9.17) is 9.47 Å². The minimum Gasteiger partial charge on any atom is -0.466 e. The Morgan fingerprint density at radius 3 is 3.17 bits per heavy atom. The van der Waals surface area contributed by atoms with E-state index in [0.29, 0.717) is 19.4 Å². The van der Waals surface area contributed by atoms with Crippen LogP contribution in [0.25, 0.3) is 0 Å². The van der Waals surface area contributed by atoms with Gasteiger partial charge in [-0.3, -0.25) is 4.79 Å². The fourth-order valence-corrected chi connectivity index (χ4v) is 3.07. The molecule has 1 aromatic heterocycles. The summed E-state index contributed by atoms with van der Waals surface area (Å²) in [5, 5.41) is 3.04. The van der Waals surface area contributed by atoms with Gasteiger partial charge in [0.2, 0.25) is 0 Å². The molecule has 1 aliphatic heterocycles.